The van der Waals surface area contributed by atoms with Crippen LogP contribution >= 0.6 is 11.6 Å². The Morgan fingerprint density at radius 1 is 1.55 bits per heavy atom. The van der Waals surface area contributed by atoms with Crippen molar-refractivity contribution in [2.45, 2.75) is 12.6 Å². The third kappa shape index (κ3) is 4.63. The molecule has 0 aliphatic carbocycles. The highest BCUT2D eigenvalue weighted by molar-refractivity contribution is 6.30. The quantitative estimate of drug-likeness (QED) is 0.662. The van der Waals surface area contributed by atoms with Gasteiger partial charge in [0, 0.05) is 52.7 Å². The molecular weight excluding hydrogens is 302 g/mol. The smallest absolute Gasteiger partial charge is 0.193 e. The zero-order chi connectivity index (χ0) is 16.1. The Morgan fingerprint density at radius 2 is 2.32 bits per heavy atom. The van der Waals surface area contributed by atoms with Crippen LogP contribution in [0.25, 0.3) is 0 Å². The van der Waals surface area contributed by atoms with Crippen molar-refractivity contribution in [3.63, 3.8) is 0 Å². The van der Waals surface area contributed by atoms with E-state index in [0.29, 0.717) is 0 Å². The van der Waals surface area contributed by atoms with Crippen molar-refractivity contribution >= 4 is 17.6 Å². The Kier molecular flexibility index (Phi) is 6.11. The number of morpholine rings is 1. The molecule has 6 nitrogen and oxygen atoms in total. The van der Waals surface area contributed by atoms with Crippen LogP contribution in [0, 0.1) is 0 Å². The summed E-state index contributed by atoms with van der Waals surface area (Å²) in [5, 5.41) is 4.14. The van der Waals surface area contributed by atoms with E-state index in [-0.39, 0.29) is 6.10 Å². The Bertz CT molecular complexity index is 516. The first-order valence-corrected chi connectivity index (χ1v) is 7.90. The lowest BCUT2D eigenvalue weighted by molar-refractivity contribution is -0.0163. The maximum absolute atomic E-state index is 6.03. The lowest BCUT2D eigenvalue weighted by atomic mass is 10.3. The Labute approximate surface area is 137 Å². The van der Waals surface area contributed by atoms with Gasteiger partial charge in [-0.15, -0.1) is 0 Å². The monoisotopic (exact) mass is 327 g/mol. The van der Waals surface area contributed by atoms with E-state index in [4.69, 9.17) is 16.3 Å². The molecule has 124 valence electrons. The van der Waals surface area contributed by atoms with Crippen LogP contribution in [0.3, 0.4) is 0 Å². The Morgan fingerprint density at radius 3 is 2.91 bits per heavy atom. The molecule has 7 heteroatoms. The number of nitrogens with one attached hydrogen (secondary N) is 1. The molecule has 1 aliphatic rings. The molecule has 1 aromatic heterocycles. The number of nitrogens with zero attached hydrogens (tertiary/aromatic N) is 4. The average molecular weight is 328 g/mol. The zero-order valence-corrected chi connectivity index (χ0v) is 14.6. The number of hydrogen-bond donors (Lipinski definition) is 1. The second-order valence-electron chi connectivity index (χ2n) is 5.80. The van der Waals surface area contributed by atoms with Crippen molar-refractivity contribution in [1.29, 1.82) is 0 Å². The number of likely N-dealkylation sites (N-methyl/N-ethyl adjacent to an activating group) is 1. The molecule has 0 aromatic carbocycles. The van der Waals surface area contributed by atoms with Crippen molar-refractivity contribution in [3.8, 4) is 0 Å². The summed E-state index contributed by atoms with van der Waals surface area (Å²) in [5.74, 6) is 0.856. The van der Waals surface area contributed by atoms with Crippen LogP contribution < -0.4 is 5.32 Å². The van der Waals surface area contributed by atoms with Gasteiger partial charge in [0.05, 0.1) is 24.3 Å². The third-order valence-corrected chi connectivity index (χ3v) is 4.08. The molecule has 1 aliphatic heterocycles. The fraction of sp³-hybridized carbons (Fsp3) is 0.667. The van der Waals surface area contributed by atoms with Gasteiger partial charge in [0.25, 0.3) is 0 Å². The van der Waals surface area contributed by atoms with Crippen molar-refractivity contribution in [1.82, 2.24) is 19.7 Å². The van der Waals surface area contributed by atoms with Gasteiger partial charge < -0.3 is 24.4 Å². The van der Waals surface area contributed by atoms with Crippen LogP contribution in [0.2, 0.25) is 5.02 Å². The second-order valence-corrected chi connectivity index (χ2v) is 6.24. The molecule has 1 unspecified atom stereocenters. The van der Waals surface area contributed by atoms with Gasteiger partial charge in [-0.05, 0) is 13.1 Å². The van der Waals surface area contributed by atoms with E-state index < -0.39 is 0 Å². The minimum absolute atomic E-state index is 0.202. The number of aryl methyl sites for hydroxylation is 1. The number of guanidine groups is 1. The van der Waals surface area contributed by atoms with Gasteiger partial charge in [0.1, 0.15) is 0 Å². The van der Waals surface area contributed by atoms with Crippen LogP contribution in [-0.2, 0) is 18.3 Å². The summed E-state index contributed by atoms with van der Waals surface area (Å²) in [7, 11) is 7.93. The molecule has 2 heterocycles. The van der Waals surface area contributed by atoms with Gasteiger partial charge in [-0.1, -0.05) is 11.6 Å². The lowest BCUT2D eigenvalue weighted by Gasteiger charge is -2.31. The molecule has 1 aromatic rings. The van der Waals surface area contributed by atoms with Crippen LogP contribution in [0.1, 0.15) is 5.69 Å². The van der Waals surface area contributed by atoms with Gasteiger partial charge in [-0.2, -0.15) is 0 Å². The summed E-state index contributed by atoms with van der Waals surface area (Å²) in [4.78, 5) is 8.71. The number of rotatable bonds is 4. The summed E-state index contributed by atoms with van der Waals surface area (Å²) in [6.07, 6.45) is 2.11. The molecule has 0 spiro atoms. The first-order valence-electron chi connectivity index (χ1n) is 7.52. The maximum Gasteiger partial charge on any atom is 0.193 e. The van der Waals surface area contributed by atoms with Gasteiger partial charge in [0.2, 0.25) is 0 Å². The standard InChI is InChI=1S/C15H26ClN5O/c1-17-15(18-8-14-11-19(2)5-6-22-14)21(4)10-13-7-12(16)9-20(13)3/h7,9,14H,5-6,8,10-11H2,1-4H3,(H,17,18). The van der Waals surface area contributed by atoms with Crippen LogP contribution in [-0.4, -0.2) is 73.8 Å². The molecule has 0 amide bonds. The van der Waals surface area contributed by atoms with Crippen molar-refractivity contribution in [2.24, 2.45) is 12.0 Å². The van der Waals surface area contributed by atoms with E-state index in [1.54, 1.807) is 7.05 Å². The fourth-order valence-electron chi connectivity index (χ4n) is 2.62. The molecule has 0 bridgehead atoms. The van der Waals surface area contributed by atoms with Crippen molar-refractivity contribution in [2.75, 3.05) is 47.4 Å². The summed E-state index contributed by atoms with van der Waals surface area (Å²) in [6.45, 7) is 4.24. The van der Waals surface area contributed by atoms with E-state index in [9.17, 15) is 0 Å². The molecule has 2 rings (SSSR count). The molecular formula is C15H26ClN5O. The first-order chi connectivity index (χ1) is 10.5. The van der Waals surface area contributed by atoms with Crippen LogP contribution in [0.5, 0.6) is 0 Å². The number of aromatic nitrogens is 1. The highest BCUT2D eigenvalue weighted by Crippen LogP contribution is 2.14. The predicted molar refractivity (Wildman–Crippen MR) is 90.5 cm³/mol. The van der Waals surface area contributed by atoms with Gasteiger partial charge in [-0.3, -0.25) is 4.99 Å². The fourth-order valence-corrected chi connectivity index (χ4v) is 2.89. The molecule has 1 saturated heterocycles. The third-order valence-electron chi connectivity index (χ3n) is 3.88. The molecule has 1 atom stereocenters. The number of hydrogen-bond acceptors (Lipinski definition) is 3. The van der Waals surface area contributed by atoms with E-state index in [1.165, 1.54) is 0 Å². The number of ether oxygens (including phenoxy) is 1. The normalized spacial score (nSPS) is 20.2. The summed E-state index contributed by atoms with van der Waals surface area (Å²) >= 11 is 6.03. The molecule has 1 fully saturated rings. The van der Waals surface area contributed by atoms with E-state index in [1.807, 2.05) is 30.9 Å². The molecule has 22 heavy (non-hydrogen) atoms. The lowest BCUT2D eigenvalue weighted by Crippen LogP contribution is -2.48. The predicted octanol–water partition coefficient (Wildman–Crippen LogP) is 1.02. The Hall–Kier alpha value is -1.24. The Balaban J connectivity index is 1.86. The van der Waals surface area contributed by atoms with Crippen molar-refractivity contribution < 1.29 is 4.74 Å². The molecule has 0 saturated carbocycles. The minimum Gasteiger partial charge on any atom is -0.374 e. The highest BCUT2D eigenvalue weighted by Gasteiger charge is 2.18. The molecule has 0 radical (unpaired) electrons. The number of aliphatic imine (C=N–C) groups is 1. The summed E-state index contributed by atoms with van der Waals surface area (Å²) < 4.78 is 7.80. The topological polar surface area (TPSA) is 45.0 Å². The van der Waals surface area contributed by atoms with Crippen molar-refractivity contribution in [3.05, 3.63) is 23.0 Å². The van der Waals surface area contributed by atoms with Gasteiger partial charge in [0.15, 0.2) is 5.96 Å². The summed E-state index contributed by atoms with van der Waals surface area (Å²) in [6, 6.07) is 1.98. The van der Waals surface area contributed by atoms with E-state index >= 15 is 0 Å². The highest BCUT2D eigenvalue weighted by atomic mass is 35.5. The van der Waals surface area contributed by atoms with E-state index in [0.717, 1.165) is 49.5 Å². The average Bonchev–Trinajstić information content (AvgIpc) is 2.77. The van der Waals surface area contributed by atoms with Crippen LogP contribution in [0.4, 0.5) is 0 Å². The van der Waals surface area contributed by atoms with Gasteiger partial charge in [-0.25, -0.2) is 0 Å². The zero-order valence-electron chi connectivity index (χ0n) is 13.8. The van der Waals surface area contributed by atoms with E-state index in [2.05, 4.69) is 27.2 Å². The SMILES string of the molecule is CN=C(NCC1CN(C)CCO1)N(C)Cc1cc(Cl)cn1C. The second kappa shape index (κ2) is 7.85. The maximum atomic E-state index is 6.03. The summed E-state index contributed by atoms with van der Waals surface area (Å²) in [5.41, 5.74) is 1.14. The largest absolute Gasteiger partial charge is 0.374 e. The minimum atomic E-state index is 0.202. The molecule has 1 N–H and O–H groups in total. The first kappa shape index (κ1) is 17.1. The number of halogens is 1. The van der Waals surface area contributed by atoms with Crippen LogP contribution in [0.15, 0.2) is 17.3 Å². The van der Waals surface area contributed by atoms with Gasteiger partial charge >= 0.3 is 0 Å².